The first-order chi connectivity index (χ1) is 10.9. The van der Waals surface area contributed by atoms with E-state index in [1.165, 1.54) is 7.11 Å². The van der Waals surface area contributed by atoms with Crippen LogP contribution in [0, 0.1) is 5.41 Å². The van der Waals surface area contributed by atoms with E-state index < -0.39 is 18.1 Å². The van der Waals surface area contributed by atoms with Crippen LogP contribution in [0.2, 0.25) is 0 Å². The molecule has 23 heavy (non-hydrogen) atoms. The van der Waals surface area contributed by atoms with Crippen LogP contribution in [0.15, 0.2) is 30.3 Å². The Morgan fingerprint density at radius 3 is 2.43 bits per heavy atom. The quantitative estimate of drug-likeness (QED) is 0.742. The van der Waals surface area contributed by atoms with Gasteiger partial charge >= 0.3 is 12.1 Å². The van der Waals surface area contributed by atoms with Crippen molar-refractivity contribution in [1.82, 2.24) is 5.32 Å². The minimum absolute atomic E-state index is 0.113. The number of hydrogen-bond acceptors (Lipinski definition) is 4. The van der Waals surface area contributed by atoms with Crippen LogP contribution in [-0.4, -0.2) is 25.2 Å². The third-order valence-electron chi connectivity index (χ3n) is 4.06. The molecule has 128 valence electrons. The van der Waals surface area contributed by atoms with Gasteiger partial charge in [-0.2, -0.15) is 0 Å². The lowest BCUT2D eigenvalue weighted by Gasteiger charge is -2.25. The zero-order chi connectivity index (χ0) is 17.3. The van der Waals surface area contributed by atoms with Crippen LogP contribution in [-0.2, 0) is 20.9 Å². The van der Waals surface area contributed by atoms with Gasteiger partial charge in [-0.25, -0.2) is 9.59 Å². The van der Waals surface area contributed by atoms with E-state index in [4.69, 9.17) is 9.47 Å². The lowest BCUT2D eigenvalue weighted by atomic mass is 9.84. The van der Waals surface area contributed by atoms with E-state index in [0.29, 0.717) is 6.42 Å². The highest BCUT2D eigenvalue weighted by molar-refractivity contribution is 5.81. The van der Waals surface area contributed by atoms with Crippen LogP contribution in [0.3, 0.4) is 0 Å². The number of ether oxygens (including phenoxy) is 2. The summed E-state index contributed by atoms with van der Waals surface area (Å²) in [7, 11) is 1.32. The van der Waals surface area contributed by atoms with Crippen LogP contribution in [0.1, 0.15) is 45.6 Å². The zero-order valence-corrected chi connectivity index (χ0v) is 14.4. The molecule has 0 saturated heterocycles. The maximum atomic E-state index is 11.9. The molecule has 0 radical (unpaired) electrons. The van der Waals surface area contributed by atoms with Crippen molar-refractivity contribution in [3.63, 3.8) is 0 Å². The standard InChI is InChI=1S/C18H27NO4/c1-5-18(2,3)12-11-15(16(20)22-4)19-17(21)23-13-14-9-7-6-8-10-14/h6-10,15H,5,11-13H2,1-4H3,(H,19,21). The second kappa shape index (κ2) is 9.18. The van der Waals surface area contributed by atoms with Gasteiger partial charge < -0.3 is 14.8 Å². The van der Waals surface area contributed by atoms with E-state index in [1.807, 2.05) is 30.3 Å². The Hall–Kier alpha value is -2.04. The van der Waals surface area contributed by atoms with Crippen molar-refractivity contribution >= 4 is 12.1 Å². The normalized spacial score (nSPS) is 12.3. The molecule has 1 unspecified atom stereocenters. The fraction of sp³-hybridized carbons (Fsp3) is 0.556. The summed E-state index contributed by atoms with van der Waals surface area (Å²) in [4.78, 5) is 23.7. The van der Waals surface area contributed by atoms with Gasteiger partial charge in [-0.3, -0.25) is 0 Å². The van der Waals surface area contributed by atoms with Gasteiger partial charge in [-0.1, -0.05) is 57.5 Å². The number of esters is 1. The zero-order valence-electron chi connectivity index (χ0n) is 14.4. The van der Waals surface area contributed by atoms with Crippen LogP contribution in [0.4, 0.5) is 4.79 Å². The minimum Gasteiger partial charge on any atom is -0.467 e. The van der Waals surface area contributed by atoms with Crippen LogP contribution in [0.25, 0.3) is 0 Å². The Morgan fingerprint density at radius 1 is 1.22 bits per heavy atom. The van der Waals surface area contributed by atoms with Gasteiger partial charge in [0.2, 0.25) is 0 Å². The topological polar surface area (TPSA) is 64.6 Å². The van der Waals surface area contributed by atoms with Gasteiger partial charge in [0, 0.05) is 0 Å². The molecule has 0 bridgehead atoms. The molecule has 5 heteroatoms. The van der Waals surface area contributed by atoms with E-state index in [2.05, 4.69) is 26.1 Å². The van der Waals surface area contributed by atoms with Crippen molar-refractivity contribution in [2.45, 2.75) is 52.7 Å². The van der Waals surface area contributed by atoms with E-state index in [0.717, 1.165) is 18.4 Å². The molecule has 1 amide bonds. The van der Waals surface area contributed by atoms with Crippen LogP contribution < -0.4 is 5.32 Å². The lowest BCUT2D eigenvalue weighted by molar-refractivity contribution is -0.143. The van der Waals surface area contributed by atoms with Gasteiger partial charge in [0.25, 0.3) is 0 Å². The summed E-state index contributed by atoms with van der Waals surface area (Å²) < 4.78 is 9.92. The first-order valence-electron chi connectivity index (χ1n) is 7.93. The molecule has 0 aliphatic heterocycles. The molecule has 0 saturated carbocycles. The molecule has 1 N–H and O–H groups in total. The van der Waals surface area contributed by atoms with Crippen molar-refractivity contribution in [3.05, 3.63) is 35.9 Å². The average molecular weight is 321 g/mol. The van der Waals surface area contributed by atoms with Crippen LogP contribution >= 0.6 is 0 Å². The summed E-state index contributed by atoms with van der Waals surface area (Å²) in [5, 5.41) is 2.60. The SMILES string of the molecule is CCC(C)(C)CCC(NC(=O)OCc1ccccc1)C(=O)OC. The Balaban J connectivity index is 2.52. The highest BCUT2D eigenvalue weighted by Gasteiger charge is 2.25. The van der Waals surface area contributed by atoms with Crippen molar-refractivity contribution < 1.29 is 19.1 Å². The highest BCUT2D eigenvalue weighted by Crippen LogP contribution is 2.27. The fourth-order valence-electron chi connectivity index (χ4n) is 2.01. The Bertz CT molecular complexity index is 499. The largest absolute Gasteiger partial charge is 0.467 e. The van der Waals surface area contributed by atoms with Gasteiger partial charge in [0.15, 0.2) is 0 Å². The first kappa shape index (κ1) is 19.0. The number of hydrogen-bond donors (Lipinski definition) is 1. The summed E-state index contributed by atoms with van der Waals surface area (Å²) in [6.07, 6.45) is 1.72. The summed E-state index contributed by atoms with van der Waals surface area (Å²) >= 11 is 0. The summed E-state index contributed by atoms with van der Waals surface area (Å²) in [6, 6.07) is 8.70. The summed E-state index contributed by atoms with van der Waals surface area (Å²) in [5.74, 6) is -0.450. The molecule has 0 aromatic heterocycles. The number of carbonyl (C=O) groups excluding carboxylic acids is 2. The summed E-state index contributed by atoms with van der Waals surface area (Å²) in [6.45, 7) is 6.54. The number of amides is 1. The van der Waals surface area contributed by atoms with E-state index in [1.54, 1.807) is 0 Å². The van der Waals surface area contributed by atoms with E-state index in [9.17, 15) is 9.59 Å². The molecule has 0 aliphatic carbocycles. The summed E-state index contributed by atoms with van der Waals surface area (Å²) in [5.41, 5.74) is 1.01. The molecular weight excluding hydrogens is 294 g/mol. The molecule has 5 nitrogen and oxygen atoms in total. The molecule has 1 aromatic carbocycles. The Labute approximate surface area is 138 Å². The number of alkyl carbamates (subject to hydrolysis) is 1. The van der Waals surface area contributed by atoms with Gasteiger partial charge in [-0.15, -0.1) is 0 Å². The number of nitrogens with one attached hydrogen (secondary N) is 1. The number of rotatable bonds is 8. The third kappa shape index (κ3) is 7.17. The molecule has 0 spiro atoms. The monoisotopic (exact) mass is 321 g/mol. The molecule has 0 aliphatic rings. The maximum Gasteiger partial charge on any atom is 0.408 e. The Kier molecular flexibility index (Phi) is 7.59. The molecule has 0 fully saturated rings. The minimum atomic E-state index is -0.686. The fourth-order valence-corrected chi connectivity index (χ4v) is 2.01. The molecule has 0 heterocycles. The molecule has 1 atom stereocenters. The van der Waals surface area contributed by atoms with Crippen molar-refractivity contribution in [2.75, 3.05) is 7.11 Å². The van der Waals surface area contributed by atoms with Gasteiger partial charge in [0.05, 0.1) is 7.11 Å². The van der Waals surface area contributed by atoms with Crippen molar-refractivity contribution in [1.29, 1.82) is 0 Å². The van der Waals surface area contributed by atoms with Gasteiger partial charge in [-0.05, 0) is 23.8 Å². The van der Waals surface area contributed by atoms with Crippen molar-refractivity contribution in [3.8, 4) is 0 Å². The number of carbonyl (C=O) groups is 2. The molecular formula is C18H27NO4. The number of benzene rings is 1. The van der Waals surface area contributed by atoms with Gasteiger partial charge in [0.1, 0.15) is 12.6 Å². The highest BCUT2D eigenvalue weighted by atomic mass is 16.6. The average Bonchev–Trinajstić information content (AvgIpc) is 2.57. The Morgan fingerprint density at radius 2 is 1.87 bits per heavy atom. The maximum absolute atomic E-state index is 11.9. The van der Waals surface area contributed by atoms with Crippen molar-refractivity contribution in [2.24, 2.45) is 5.41 Å². The van der Waals surface area contributed by atoms with E-state index >= 15 is 0 Å². The first-order valence-corrected chi connectivity index (χ1v) is 7.93. The molecule has 1 rings (SSSR count). The predicted molar refractivity (Wildman–Crippen MR) is 88.9 cm³/mol. The molecule has 1 aromatic rings. The smallest absolute Gasteiger partial charge is 0.408 e. The van der Waals surface area contributed by atoms with Crippen LogP contribution in [0.5, 0.6) is 0 Å². The lowest BCUT2D eigenvalue weighted by Crippen LogP contribution is -2.42. The number of methoxy groups -OCH3 is 1. The van der Waals surface area contributed by atoms with E-state index in [-0.39, 0.29) is 12.0 Å². The second-order valence-corrected chi connectivity index (χ2v) is 6.34. The second-order valence-electron chi connectivity index (χ2n) is 6.34. The third-order valence-corrected chi connectivity index (χ3v) is 4.06. The predicted octanol–water partition coefficient (Wildman–Crippen LogP) is 3.67.